The average molecular weight is 390 g/mol. The summed E-state index contributed by atoms with van der Waals surface area (Å²) in [7, 11) is 0. The highest BCUT2D eigenvalue weighted by molar-refractivity contribution is 5.90. The molecule has 1 heterocycles. The van der Waals surface area contributed by atoms with Crippen LogP contribution in [0.25, 0.3) is 0 Å². The molecule has 2 amide bonds. The summed E-state index contributed by atoms with van der Waals surface area (Å²) in [6.07, 6.45) is 1.56. The SMILES string of the molecule is CC(=O)N1CCN(Cc2ccc(NC(=O)CCO[C@H](C)CC(C)C)cc2)CC1. The number of nitrogens with zero attached hydrogens (tertiary/aromatic N) is 2. The summed E-state index contributed by atoms with van der Waals surface area (Å²) in [5.74, 6) is 0.727. The predicted octanol–water partition coefficient (Wildman–Crippen LogP) is 3.13. The van der Waals surface area contributed by atoms with Crippen molar-refractivity contribution in [2.45, 2.75) is 53.2 Å². The van der Waals surface area contributed by atoms with Gasteiger partial charge in [0.15, 0.2) is 0 Å². The molecule has 0 saturated carbocycles. The van der Waals surface area contributed by atoms with Crippen LogP contribution in [0.3, 0.4) is 0 Å². The van der Waals surface area contributed by atoms with Gasteiger partial charge in [-0.3, -0.25) is 14.5 Å². The summed E-state index contributed by atoms with van der Waals surface area (Å²) in [6, 6.07) is 7.99. The summed E-state index contributed by atoms with van der Waals surface area (Å²) in [5, 5.41) is 2.93. The van der Waals surface area contributed by atoms with Crippen molar-refractivity contribution in [1.29, 1.82) is 0 Å². The largest absolute Gasteiger partial charge is 0.378 e. The van der Waals surface area contributed by atoms with Crippen LogP contribution in [0.1, 0.15) is 46.1 Å². The van der Waals surface area contributed by atoms with Crippen molar-refractivity contribution in [2.24, 2.45) is 5.92 Å². The van der Waals surface area contributed by atoms with E-state index in [-0.39, 0.29) is 17.9 Å². The van der Waals surface area contributed by atoms with Gasteiger partial charge < -0.3 is 15.0 Å². The highest BCUT2D eigenvalue weighted by Crippen LogP contribution is 2.14. The van der Waals surface area contributed by atoms with Crippen molar-refractivity contribution in [2.75, 3.05) is 38.1 Å². The van der Waals surface area contributed by atoms with Crippen molar-refractivity contribution >= 4 is 17.5 Å². The molecule has 0 aromatic heterocycles. The van der Waals surface area contributed by atoms with E-state index in [1.54, 1.807) is 6.92 Å². The van der Waals surface area contributed by atoms with Gasteiger partial charge in [0.1, 0.15) is 0 Å². The number of amides is 2. The maximum atomic E-state index is 12.1. The molecule has 28 heavy (non-hydrogen) atoms. The van der Waals surface area contributed by atoms with Gasteiger partial charge in [0.25, 0.3) is 0 Å². The first kappa shape index (κ1) is 22.4. The molecule has 0 unspecified atom stereocenters. The number of hydrogen-bond donors (Lipinski definition) is 1. The average Bonchev–Trinajstić information content (AvgIpc) is 2.63. The van der Waals surface area contributed by atoms with E-state index in [0.717, 1.165) is 44.8 Å². The first-order valence-corrected chi connectivity index (χ1v) is 10.3. The number of rotatable bonds is 9. The minimum absolute atomic E-state index is 0.0233. The van der Waals surface area contributed by atoms with Crippen LogP contribution >= 0.6 is 0 Å². The van der Waals surface area contributed by atoms with Crippen LogP contribution in [-0.2, 0) is 20.9 Å². The molecule has 156 valence electrons. The van der Waals surface area contributed by atoms with Crippen LogP contribution in [0.4, 0.5) is 5.69 Å². The molecule has 1 N–H and O–H groups in total. The molecule has 1 aliphatic rings. The Hall–Kier alpha value is -1.92. The molecule has 0 radical (unpaired) electrons. The molecule has 1 aromatic carbocycles. The lowest BCUT2D eigenvalue weighted by molar-refractivity contribution is -0.130. The maximum Gasteiger partial charge on any atom is 0.226 e. The van der Waals surface area contributed by atoms with E-state index in [2.05, 4.69) is 31.0 Å². The second-order valence-electron chi connectivity index (χ2n) is 8.09. The van der Waals surface area contributed by atoms with Crippen LogP contribution < -0.4 is 5.32 Å². The number of piperazine rings is 1. The quantitative estimate of drug-likeness (QED) is 0.705. The Balaban J connectivity index is 1.69. The fourth-order valence-electron chi connectivity index (χ4n) is 3.48. The molecular weight excluding hydrogens is 354 g/mol. The monoisotopic (exact) mass is 389 g/mol. The van der Waals surface area contributed by atoms with E-state index in [1.165, 1.54) is 5.56 Å². The number of hydrogen-bond acceptors (Lipinski definition) is 4. The van der Waals surface area contributed by atoms with Crippen LogP contribution in [0.5, 0.6) is 0 Å². The number of benzene rings is 1. The zero-order chi connectivity index (χ0) is 20.5. The molecule has 6 nitrogen and oxygen atoms in total. The van der Waals surface area contributed by atoms with Gasteiger partial charge in [0.05, 0.1) is 19.1 Å². The van der Waals surface area contributed by atoms with Crippen molar-refractivity contribution in [3.63, 3.8) is 0 Å². The molecule has 1 aromatic rings. The third kappa shape index (κ3) is 7.98. The predicted molar refractivity (Wildman–Crippen MR) is 112 cm³/mol. The van der Waals surface area contributed by atoms with Crippen LogP contribution in [0, 0.1) is 5.92 Å². The maximum absolute atomic E-state index is 12.1. The van der Waals surface area contributed by atoms with Crippen LogP contribution in [0.2, 0.25) is 0 Å². The third-order valence-corrected chi connectivity index (χ3v) is 5.00. The summed E-state index contributed by atoms with van der Waals surface area (Å²) in [5.41, 5.74) is 2.02. The van der Waals surface area contributed by atoms with Crippen molar-refractivity contribution in [1.82, 2.24) is 9.80 Å². The van der Waals surface area contributed by atoms with Gasteiger partial charge in [0.2, 0.25) is 11.8 Å². The Kier molecular flexibility index (Phi) is 8.93. The summed E-state index contributed by atoms with van der Waals surface area (Å²) in [4.78, 5) is 27.7. The van der Waals surface area contributed by atoms with Gasteiger partial charge in [-0.25, -0.2) is 0 Å². The zero-order valence-electron chi connectivity index (χ0n) is 17.7. The van der Waals surface area contributed by atoms with Gasteiger partial charge in [-0.15, -0.1) is 0 Å². The number of carbonyl (C=O) groups is 2. The van der Waals surface area contributed by atoms with Gasteiger partial charge in [-0.2, -0.15) is 0 Å². The molecule has 1 aliphatic heterocycles. The van der Waals surface area contributed by atoms with E-state index in [4.69, 9.17) is 4.74 Å². The van der Waals surface area contributed by atoms with E-state index in [0.29, 0.717) is 18.9 Å². The number of ether oxygens (including phenoxy) is 1. The normalized spacial score (nSPS) is 16.2. The standard InChI is InChI=1S/C22H35N3O3/c1-17(2)15-18(3)28-14-9-22(27)23-21-7-5-20(6-8-21)16-24-10-12-25(13-11-24)19(4)26/h5-8,17-18H,9-16H2,1-4H3,(H,23,27)/t18-/m1/s1. The summed E-state index contributed by atoms with van der Waals surface area (Å²) < 4.78 is 5.70. The first-order valence-electron chi connectivity index (χ1n) is 10.3. The molecule has 0 bridgehead atoms. The van der Waals surface area contributed by atoms with Gasteiger partial charge in [-0.05, 0) is 37.0 Å². The molecule has 1 atom stereocenters. The highest BCUT2D eigenvalue weighted by atomic mass is 16.5. The van der Waals surface area contributed by atoms with E-state index >= 15 is 0 Å². The zero-order valence-corrected chi connectivity index (χ0v) is 17.7. The second-order valence-corrected chi connectivity index (χ2v) is 8.09. The lowest BCUT2D eigenvalue weighted by Gasteiger charge is -2.34. The fraction of sp³-hybridized carbons (Fsp3) is 0.636. The molecule has 0 aliphatic carbocycles. The molecule has 1 saturated heterocycles. The Morgan fingerprint density at radius 3 is 2.29 bits per heavy atom. The minimum atomic E-state index is -0.0233. The minimum Gasteiger partial charge on any atom is -0.378 e. The second kappa shape index (κ2) is 11.2. The lowest BCUT2D eigenvalue weighted by atomic mass is 10.1. The number of carbonyl (C=O) groups excluding carboxylic acids is 2. The molecule has 2 rings (SSSR count). The van der Waals surface area contributed by atoms with E-state index in [1.807, 2.05) is 29.2 Å². The van der Waals surface area contributed by atoms with Crippen molar-refractivity contribution < 1.29 is 14.3 Å². The highest BCUT2D eigenvalue weighted by Gasteiger charge is 2.18. The van der Waals surface area contributed by atoms with Gasteiger partial charge in [0, 0.05) is 45.3 Å². The fourth-order valence-corrected chi connectivity index (χ4v) is 3.48. The first-order chi connectivity index (χ1) is 13.3. The molecule has 6 heteroatoms. The van der Waals surface area contributed by atoms with Crippen molar-refractivity contribution in [3.05, 3.63) is 29.8 Å². The topological polar surface area (TPSA) is 61.9 Å². The number of nitrogens with one attached hydrogen (secondary N) is 1. The van der Waals surface area contributed by atoms with Gasteiger partial charge >= 0.3 is 0 Å². The molecular formula is C22H35N3O3. The smallest absolute Gasteiger partial charge is 0.226 e. The molecule has 0 spiro atoms. The Labute approximate surface area is 169 Å². The van der Waals surface area contributed by atoms with E-state index < -0.39 is 0 Å². The Bertz CT molecular complexity index is 622. The summed E-state index contributed by atoms with van der Waals surface area (Å²) >= 11 is 0. The third-order valence-electron chi connectivity index (χ3n) is 5.00. The Morgan fingerprint density at radius 2 is 1.71 bits per heavy atom. The number of anilines is 1. The Morgan fingerprint density at radius 1 is 1.07 bits per heavy atom. The van der Waals surface area contributed by atoms with Crippen LogP contribution in [0.15, 0.2) is 24.3 Å². The van der Waals surface area contributed by atoms with Gasteiger partial charge in [-0.1, -0.05) is 26.0 Å². The van der Waals surface area contributed by atoms with E-state index in [9.17, 15) is 9.59 Å². The lowest BCUT2D eigenvalue weighted by Crippen LogP contribution is -2.47. The van der Waals surface area contributed by atoms with Crippen LogP contribution in [-0.4, -0.2) is 60.5 Å². The summed E-state index contributed by atoms with van der Waals surface area (Å²) in [6.45, 7) is 12.7. The molecule has 1 fully saturated rings. The van der Waals surface area contributed by atoms with Crippen molar-refractivity contribution in [3.8, 4) is 0 Å².